The zero-order chi connectivity index (χ0) is 9.61. The molecule has 2 N–H and O–H groups in total. The molecule has 1 nitrogen and oxygen atoms in total. The molecule has 0 unspecified atom stereocenters. The van der Waals surface area contributed by atoms with Crippen molar-refractivity contribution in [3.05, 3.63) is 11.6 Å². The van der Waals surface area contributed by atoms with Gasteiger partial charge in [0.15, 0.2) is 0 Å². The van der Waals surface area contributed by atoms with Gasteiger partial charge in [-0.25, -0.2) is 0 Å². The molecule has 72 valence electrons. The van der Waals surface area contributed by atoms with Gasteiger partial charge in [0.05, 0.1) is 0 Å². The molecule has 4 heteroatoms. The second-order valence-electron chi connectivity index (χ2n) is 2.75. The lowest BCUT2D eigenvalue weighted by atomic mass is 10.1. The predicted molar refractivity (Wildman–Crippen MR) is 42.7 cm³/mol. The van der Waals surface area contributed by atoms with Crippen LogP contribution in [0.2, 0.25) is 0 Å². The maximum Gasteiger partial charge on any atom is 0.389 e. The maximum atomic E-state index is 11.6. The average Bonchev–Trinajstić information content (AvgIpc) is 1.84. The summed E-state index contributed by atoms with van der Waals surface area (Å²) in [5, 5.41) is 0. The molecule has 0 aliphatic rings. The number of halogens is 3. The van der Waals surface area contributed by atoms with Crippen molar-refractivity contribution in [3.63, 3.8) is 0 Å². The number of hydrogen-bond donors (Lipinski definition) is 1. The third-order valence-electron chi connectivity index (χ3n) is 1.50. The van der Waals surface area contributed by atoms with E-state index in [2.05, 4.69) is 0 Å². The fourth-order valence-corrected chi connectivity index (χ4v) is 0.871. The summed E-state index contributed by atoms with van der Waals surface area (Å²) in [5.74, 6) is 0. The van der Waals surface area contributed by atoms with E-state index in [-0.39, 0.29) is 6.42 Å². The summed E-state index contributed by atoms with van der Waals surface area (Å²) in [4.78, 5) is 0. The van der Waals surface area contributed by atoms with E-state index >= 15 is 0 Å². The van der Waals surface area contributed by atoms with Crippen LogP contribution in [-0.4, -0.2) is 12.7 Å². The number of alkyl halides is 3. The maximum absolute atomic E-state index is 11.6. The third kappa shape index (κ3) is 7.60. The molecule has 0 spiro atoms. The van der Waals surface area contributed by atoms with E-state index < -0.39 is 12.6 Å². The second-order valence-corrected chi connectivity index (χ2v) is 2.75. The minimum atomic E-state index is -4.02. The van der Waals surface area contributed by atoms with E-state index in [0.29, 0.717) is 13.0 Å². The summed E-state index contributed by atoms with van der Waals surface area (Å²) in [5.41, 5.74) is 6.12. The molecule has 0 bridgehead atoms. The molecule has 12 heavy (non-hydrogen) atoms. The van der Waals surface area contributed by atoms with Gasteiger partial charge in [-0.1, -0.05) is 11.6 Å². The Morgan fingerprint density at radius 1 is 1.42 bits per heavy atom. The van der Waals surface area contributed by atoms with Crippen LogP contribution in [-0.2, 0) is 0 Å². The zero-order valence-corrected chi connectivity index (χ0v) is 7.12. The van der Waals surface area contributed by atoms with Crippen LogP contribution >= 0.6 is 0 Å². The van der Waals surface area contributed by atoms with Crippen LogP contribution in [0.4, 0.5) is 13.2 Å². The fraction of sp³-hybridized carbons (Fsp3) is 0.750. The van der Waals surface area contributed by atoms with Crippen LogP contribution in [0.5, 0.6) is 0 Å². The second kappa shape index (κ2) is 5.19. The van der Waals surface area contributed by atoms with E-state index in [4.69, 9.17) is 5.73 Å². The first-order chi connectivity index (χ1) is 5.45. The van der Waals surface area contributed by atoms with Gasteiger partial charge in [0.2, 0.25) is 0 Å². The molecule has 0 atom stereocenters. The summed E-state index contributed by atoms with van der Waals surface area (Å²) in [6, 6.07) is 0. The van der Waals surface area contributed by atoms with Crippen molar-refractivity contribution < 1.29 is 13.2 Å². The lowest BCUT2D eigenvalue weighted by Gasteiger charge is -2.05. The average molecular weight is 181 g/mol. The first kappa shape index (κ1) is 11.5. The highest BCUT2D eigenvalue weighted by molar-refractivity contribution is 4.98. The van der Waals surface area contributed by atoms with Crippen molar-refractivity contribution in [2.24, 2.45) is 5.73 Å². The molecule has 0 saturated heterocycles. The van der Waals surface area contributed by atoms with Crippen LogP contribution in [0, 0.1) is 0 Å². The Morgan fingerprint density at radius 3 is 2.42 bits per heavy atom. The lowest BCUT2D eigenvalue weighted by Crippen LogP contribution is -2.06. The molecule has 0 rings (SSSR count). The standard InChI is InChI=1S/C8H14F3N/c1-7(4-6-12)3-2-5-8(9,10)11/h4H,2-3,5-6,12H2,1H3. The highest BCUT2D eigenvalue weighted by atomic mass is 19.4. The van der Waals surface area contributed by atoms with E-state index in [1.807, 2.05) is 0 Å². The lowest BCUT2D eigenvalue weighted by molar-refractivity contribution is -0.135. The molecule has 0 amide bonds. The van der Waals surface area contributed by atoms with Gasteiger partial charge in [-0.15, -0.1) is 0 Å². The number of hydrogen-bond acceptors (Lipinski definition) is 1. The van der Waals surface area contributed by atoms with Gasteiger partial charge < -0.3 is 5.73 Å². The molecule has 0 fully saturated rings. The molecule has 0 radical (unpaired) electrons. The fourth-order valence-electron chi connectivity index (χ4n) is 0.871. The minimum Gasteiger partial charge on any atom is -0.327 e. The van der Waals surface area contributed by atoms with Crippen LogP contribution in [0.1, 0.15) is 26.2 Å². The quantitative estimate of drug-likeness (QED) is 0.663. The van der Waals surface area contributed by atoms with Crippen molar-refractivity contribution in [2.45, 2.75) is 32.4 Å². The summed E-state index contributed by atoms with van der Waals surface area (Å²) in [7, 11) is 0. The third-order valence-corrected chi connectivity index (χ3v) is 1.50. The van der Waals surface area contributed by atoms with Gasteiger partial charge in [-0.3, -0.25) is 0 Å². The Bertz CT molecular complexity index is 149. The van der Waals surface area contributed by atoms with Gasteiger partial charge in [0.1, 0.15) is 0 Å². The van der Waals surface area contributed by atoms with Gasteiger partial charge in [-0.2, -0.15) is 13.2 Å². The van der Waals surface area contributed by atoms with E-state index in [1.54, 1.807) is 13.0 Å². The Labute approximate surface area is 70.4 Å². The van der Waals surface area contributed by atoms with E-state index in [9.17, 15) is 13.2 Å². The molecular weight excluding hydrogens is 167 g/mol. The highest BCUT2D eigenvalue weighted by Crippen LogP contribution is 2.23. The summed E-state index contributed by atoms with van der Waals surface area (Å²) >= 11 is 0. The van der Waals surface area contributed by atoms with E-state index in [1.165, 1.54) is 0 Å². The highest BCUT2D eigenvalue weighted by Gasteiger charge is 2.25. The Hall–Kier alpha value is -0.510. The molecule has 0 aromatic carbocycles. The SMILES string of the molecule is CC(=CCN)CCCC(F)(F)F. The van der Waals surface area contributed by atoms with Crippen LogP contribution < -0.4 is 5.73 Å². The van der Waals surface area contributed by atoms with Gasteiger partial charge in [-0.05, 0) is 19.8 Å². The molecule has 0 aliphatic carbocycles. The first-order valence-electron chi connectivity index (χ1n) is 3.88. The number of nitrogens with two attached hydrogens (primary N) is 1. The minimum absolute atomic E-state index is 0.159. The molecule has 0 aromatic rings. The Balaban J connectivity index is 3.50. The normalized spacial score (nSPS) is 13.6. The number of allylic oxidation sites excluding steroid dienone is 1. The summed E-state index contributed by atoms with van der Waals surface area (Å²) < 4.78 is 34.9. The molecule has 0 aromatic heterocycles. The van der Waals surface area contributed by atoms with Crippen molar-refractivity contribution in [1.82, 2.24) is 0 Å². The molecule has 0 saturated carbocycles. The molecule has 0 heterocycles. The summed E-state index contributed by atoms with van der Waals surface area (Å²) in [6.07, 6.45) is -2.34. The number of rotatable bonds is 4. The topological polar surface area (TPSA) is 26.0 Å². The smallest absolute Gasteiger partial charge is 0.327 e. The predicted octanol–water partition coefficient (Wildman–Crippen LogP) is 2.62. The van der Waals surface area contributed by atoms with Gasteiger partial charge in [0, 0.05) is 13.0 Å². The Morgan fingerprint density at radius 2 is 2.00 bits per heavy atom. The van der Waals surface area contributed by atoms with E-state index in [0.717, 1.165) is 5.57 Å². The molecular formula is C8H14F3N. The molecule has 0 aliphatic heterocycles. The van der Waals surface area contributed by atoms with Gasteiger partial charge in [0.25, 0.3) is 0 Å². The Kier molecular flexibility index (Phi) is 4.97. The first-order valence-corrected chi connectivity index (χ1v) is 3.88. The van der Waals surface area contributed by atoms with Gasteiger partial charge >= 0.3 is 6.18 Å². The summed E-state index contributed by atoms with van der Waals surface area (Å²) in [6.45, 7) is 2.20. The monoisotopic (exact) mass is 181 g/mol. The van der Waals surface area contributed by atoms with Crippen LogP contribution in [0.15, 0.2) is 11.6 Å². The van der Waals surface area contributed by atoms with Crippen molar-refractivity contribution >= 4 is 0 Å². The van der Waals surface area contributed by atoms with Crippen LogP contribution in [0.25, 0.3) is 0 Å². The van der Waals surface area contributed by atoms with Crippen molar-refractivity contribution in [3.8, 4) is 0 Å². The van der Waals surface area contributed by atoms with Crippen molar-refractivity contribution in [1.29, 1.82) is 0 Å². The largest absolute Gasteiger partial charge is 0.389 e. The zero-order valence-electron chi connectivity index (χ0n) is 7.12. The van der Waals surface area contributed by atoms with Crippen molar-refractivity contribution in [2.75, 3.05) is 6.54 Å². The van der Waals surface area contributed by atoms with Crippen LogP contribution in [0.3, 0.4) is 0 Å².